The molecule has 3 aromatic carbocycles. The Morgan fingerprint density at radius 3 is 2.14 bits per heavy atom. The van der Waals surface area contributed by atoms with Crippen molar-refractivity contribution in [2.24, 2.45) is 5.92 Å². The first-order valence-corrected chi connectivity index (χ1v) is 13.9. The highest BCUT2D eigenvalue weighted by atomic mass is 32.2. The average Bonchev–Trinajstić information content (AvgIpc) is 2.88. The number of rotatable bonds is 13. The van der Waals surface area contributed by atoms with E-state index in [1.807, 2.05) is 73.7 Å². The van der Waals surface area contributed by atoms with E-state index in [0.29, 0.717) is 37.6 Å². The maximum atomic E-state index is 13.7. The van der Waals surface area contributed by atoms with Crippen LogP contribution in [0.3, 0.4) is 0 Å². The Morgan fingerprint density at radius 1 is 0.861 bits per heavy atom. The number of thioether (sulfide) groups is 1. The normalized spacial score (nSPS) is 11.8. The summed E-state index contributed by atoms with van der Waals surface area (Å²) in [6.07, 6.45) is 0.881. The number of aryl methyl sites for hydroxylation is 1. The van der Waals surface area contributed by atoms with E-state index in [0.717, 1.165) is 22.4 Å². The van der Waals surface area contributed by atoms with Crippen LogP contribution >= 0.6 is 11.8 Å². The fourth-order valence-corrected chi connectivity index (χ4v) is 4.94. The summed E-state index contributed by atoms with van der Waals surface area (Å²) in [6.45, 7) is 7.20. The molecule has 0 aliphatic rings. The van der Waals surface area contributed by atoms with Gasteiger partial charge in [-0.25, -0.2) is 0 Å². The predicted molar refractivity (Wildman–Crippen MR) is 151 cm³/mol. The molecular weight excluding hydrogens is 464 g/mol. The first kappa shape index (κ1) is 27.5. The number of nitrogens with one attached hydrogen (secondary N) is 1. The number of carbonyl (C=O) groups is 2. The minimum atomic E-state index is -0.571. The van der Waals surface area contributed by atoms with Crippen LogP contribution in [-0.4, -0.2) is 35.1 Å². The molecule has 0 aromatic heterocycles. The third-order valence-corrected chi connectivity index (χ3v) is 6.99. The molecular formula is C31H38N2O2S. The van der Waals surface area contributed by atoms with Crippen molar-refractivity contribution >= 4 is 23.6 Å². The van der Waals surface area contributed by atoms with Gasteiger partial charge in [0.05, 0.1) is 0 Å². The van der Waals surface area contributed by atoms with Crippen LogP contribution in [0.4, 0.5) is 0 Å². The topological polar surface area (TPSA) is 49.4 Å². The van der Waals surface area contributed by atoms with Crippen LogP contribution in [-0.2, 0) is 28.3 Å². The van der Waals surface area contributed by atoms with Gasteiger partial charge in [0.1, 0.15) is 6.04 Å². The van der Waals surface area contributed by atoms with Crippen molar-refractivity contribution in [3.05, 3.63) is 107 Å². The Bertz CT molecular complexity index is 1090. The molecule has 1 N–H and O–H groups in total. The quantitative estimate of drug-likeness (QED) is 0.290. The predicted octanol–water partition coefficient (Wildman–Crippen LogP) is 6.03. The number of hydrogen-bond acceptors (Lipinski definition) is 3. The summed E-state index contributed by atoms with van der Waals surface area (Å²) >= 11 is 1.75. The van der Waals surface area contributed by atoms with Crippen LogP contribution in [0.1, 0.15) is 42.5 Å². The standard InChI is InChI=1S/C31H38N2O2S/c1-24(2)21-32-31(35)29(20-26-12-6-4-7-13-26)33(22-28-16-10-11-25(3)19-28)30(34)17-18-36-23-27-14-8-5-9-15-27/h4-16,19,24,29H,17-18,20-23H2,1-3H3,(H,32,35)/t29-/m1/s1. The third kappa shape index (κ3) is 9.19. The van der Waals surface area contributed by atoms with Crippen LogP contribution < -0.4 is 5.32 Å². The van der Waals surface area contributed by atoms with E-state index in [1.54, 1.807) is 16.7 Å². The summed E-state index contributed by atoms with van der Waals surface area (Å²) in [6, 6.07) is 27.9. The Balaban J connectivity index is 1.79. The fraction of sp³-hybridized carbons (Fsp3) is 0.355. The van der Waals surface area contributed by atoms with Gasteiger partial charge in [-0.2, -0.15) is 11.8 Å². The number of carbonyl (C=O) groups excluding carboxylic acids is 2. The second-order valence-electron chi connectivity index (χ2n) is 9.64. The lowest BCUT2D eigenvalue weighted by Crippen LogP contribution is -2.51. The number of nitrogens with zero attached hydrogens (tertiary/aromatic N) is 1. The van der Waals surface area contributed by atoms with Crippen molar-refractivity contribution in [2.45, 2.75) is 52.0 Å². The molecule has 2 amide bonds. The molecule has 190 valence electrons. The van der Waals surface area contributed by atoms with Crippen molar-refractivity contribution in [3.8, 4) is 0 Å². The molecule has 0 spiro atoms. The molecule has 0 heterocycles. The highest BCUT2D eigenvalue weighted by molar-refractivity contribution is 7.98. The molecule has 36 heavy (non-hydrogen) atoms. The Kier molecular flexibility index (Phi) is 11.1. The summed E-state index contributed by atoms with van der Waals surface area (Å²) in [4.78, 5) is 28.9. The monoisotopic (exact) mass is 502 g/mol. The molecule has 0 saturated carbocycles. The van der Waals surface area contributed by atoms with E-state index in [1.165, 1.54) is 5.56 Å². The summed E-state index contributed by atoms with van der Waals surface area (Å²) in [5.74, 6) is 1.84. The van der Waals surface area contributed by atoms with Crippen LogP contribution in [0, 0.1) is 12.8 Å². The first-order chi connectivity index (χ1) is 17.4. The first-order valence-electron chi connectivity index (χ1n) is 12.7. The second-order valence-corrected chi connectivity index (χ2v) is 10.7. The summed E-state index contributed by atoms with van der Waals surface area (Å²) in [5, 5.41) is 3.09. The SMILES string of the molecule is Cc1cccc(CN(C(=O)CCSCc2ccccc2)[C@H](Cc2ccccc2)C(=O)NCC(C)C)c1. The molecule has 0 bridgehead atoms. The Labute approximate surface area is 220 Å². The lowest BCUT2D eigenvalue weighted by atomic mass is 10.0. The van der Waals surface area contributed by atoms with Gasteiger partial charge >= 0.3 is 0 Å². The molecule has 5 heteroatoms. The van der Waals surface area contributed by atoms with Crippen LogP contribution in [0.15, 0.2) is 84.9 Å². The van der Waals surface area contributed by atoms with Gasteiger partial charge in [0.25, 0.3) is 0 Å². The smallest absolute Gasteiger partial charge is 0.243 e. The van der Waals surface area contributed by atoms with E-state index < -0.39 is 6.04 Å². The highest BCUT2D eigenvalue weighted by Crippen LogP contribution is 2.19. The van der Waals surface area contributed by atoms with Gasteiger partial charge in [-0.1, -0.05) is 104 Å². The van der Waals surface area contributed by atoms with Crippen molar-refractivity contribution in [1.82, 2.24) is 10.2 Å². The average molecular weight is 503 g/mol. The van der Waals surface area contributed by atoms with Crippen LogP contribution in [0.2, 0.25) is 0 Å². The highest BCUT2D eigenvalue weighted by Gasteiger charge is 2.30. The number of amides is 2. The van der Waals surface area contributed by atoms with Gasteiger partial charge in [-0.05, 0) is 29.5 Å². The molecule has 0 aliphatic heterocycles. The van der Waals surface area contributed by atoms with Gasteiger partial charge < -0.3 is 10.2 Å². The molecule has 0 fully saturated rings. The van der Waals surface area contributed by atoms with Crippen molar-refractivity contribution in [3.63, 3.8) is 0 Å². The molecule has 1 atom stereocenters. The minimum absolute atomic E-state index is 0.0118. The zero-order valence-electron chi connectivity index (χ0n) is 21.7. The van der Waals surface area contributed by atoms with Gasteiger partial charge in [0.15, 0.2) is 0 Å². The maximum Gasteiger partial charge on any atom is 0.243 e. The minimum Gasteiger partial charge on any atom is -0.354 e. The number of hydrogen-bond donors (Lipinski definition) is 1. The molecule has 3 rings (SSSR count). The Hall–Kier alpha value is -3.05. The zero-order chi connectivity index (χ0) is 25.8. The van der Waals surface area contributed by atoms with Crippen LogP contribution in [0.5, 0.6) is 0 Å². The summed E-state index contributed by atoms with van der Waals surface area (Å²) in [7, 11) is 0. The van der Waals surface area contributed by atoms with Gasteiger partial charge in [-0.15, -0.1) is 0 Å². The fourth-order valence-electron chi connectivity index (χ4n) is 4.05. The number of benzene rings is 3. The zero-order valence-corrected chi connectivity index (χ0v) is 22.5. The van der Waals surface area contributed by atoms with E-state index in [9.17, 15) is 9.59 Å². The molecule has 0 saturated heterocycles. The summed E-state index contributed by atoms with van der Waals surface area (Å²) < 4.78 is 0. The van der Waals surface area contributed by atoms with E-state index in [4.69, 9.17) is 0 Å². The Morgan fingerprint density at radius 2 is 1.50 bits per heavy atom. The van der Waals surface area contributed by atoms with Gasteiger partial charge in [0.2, 0.25) is 11.8 Å². The molecule has 0 unspecified atom stereocenters. The van der Waals surface area contributed by atoms with Gasteiger partial charge in [-0.3, -0.25) is 9.59 Å². The largest absolute Gasteiger partial charge is 0.354 e. The van der Waals surface area contributed by atoms with E-state index in [-0.39, 0.29) is 11.8 Å². The molecule has 3 aromatic rings. The van der Waals surface area contributed by atoms with Gasteiger partial charge in [0, 0.05) is 37.4 Å². The molecule has 0 radical (unpaired) electrons. The second kappa shape index (κ2) is 14.5. The van der Waals surface area contributed by atoms with E-state index in [2.05, 4.69) is 37.4 Å². The van der Waals surface area contributed by atoms with Crippen LogP contribution in [0.25, 0.3) is 0 Å². The maximum absolute atomic E-state index is 13.7. The van der Waals surface area contributed by atoms with E-state index >= 15 is 0 Å². The van der Waals surface area contributed by atoms with Crippen molar-refractivity contribution in [2.75, 3.05) is 12.3 Å². The third-order valence-electron chi connectivity index (χ3n) is 5.96. The summed E-state index contributed by atoms with van der Waals surface area (Å²) in [5.41, 5.74) is 4.47. The molecule has 4 nitrogen and oxygen atoms in total. The van der Waals surface area contributed by atoms with Crippen molar-refractivity contribution < 1.29 is 9.59 Å². The lowest BCUT2D eigenvalue weighted by Gasteiger charge is -2.32. The molecule has 0 aliphatic carbocycles. The van der Waals surface area contributed by atoms with Crippen molar-refractivity contribution in [1.29, 1.82) is 0 Å². The lowest BCUT2D eigenvalue weighted by molar-refractivity contribution is -0.141.